The molecule has 2 heterocycles. The molecule has 2 amide bonds. The van der Waals surface area contributed by atoms with Crippen LogP contribution in [0.15, 0.2) is 61.3 Å². The number of rotatable bonds is 8. The number of benzene rings is 2. The Morgan fingerprint density at radius 2 is 1.85 bits per heavy atom. The van der Waals surface area contributed by atoms with E-state index in [1.165, 1.54) is 13.2 Å². The Kier molecular flexibility index (Phi) is 7.33. The van der Waals surface area contributed by atoms with Crippen LogP contribution in [0, 0.1) is 5.41 Å². The number of nitrogens with zero attached hydrogens (tertiary/aromatic N) is 3. The number of anilines is 5. The highest BCUT2D eigenvalue weighted by Crippen LogP contribution is 2.56. The van der Waals surface area contributed by atoms with Crippen LogP contribution in [0.4, 0.5) is 42.0 Å². The molecule has 1 aromatic heterocycles. The molecule has 2 fully saturated rings. The van der Waals surface area contributed by atoms with Gasteiger partial charge in [0, 0.05) is 43.0 Å². The van der Waals surface area contributed by atoms with Crippen molar-refractivity contribution in [2.75, 3.05) is 36.1 Å². The second-order valence-electron chi connectivity index (χ2n) is 10.4. The van der Waals surface area contributed by atoms with Gasteiger partial charge in [-0.1, -0.05) is 18.7 Å². The Balaban J connectivity index is 1.33. The molecule has 2 aromatic carbocycles. The van der Waals surface area contributed by atoms with Gasteiger partial charge in [0.05, 0.1) is 12.8 Å². The van der Waals surface area contributed by atoms with E-state index in [2.05, 4.69) is 32.5 Å². The van der Waals surface area contributed by atoms with Crippen molar-refractivity contribution < 1.29 is 27.5 Å². The fraction of sp³-hybridized carbons (Fsp3) is 0.310. The van der Waals surface area contributed by atoms with E-state index in [1.54, 1.807) is 31.2 Å². The van der Waals surface area contributed by atoms with Crippen LogP contribution in [0.25, 0.3) is 0 Å². The number of carbonyl (C=O) groups excluding carboxylic acids is 2. The fourth-order valence-electron chi connectivity index (χ4n) is 5.40. The maximum Gasteiger partial charge on any atom is 0.421 e. The van der Waals surface area contributed by atoms with Gasteiger partial charge >= 0.3 is 6.18 Å². The molecular formula is C29H29F3N6O3. The zero-order valence-electron chi connectivity index (χ0n) is 22.5. The molecule has 0 atom stereocenters. The Morgan fingerprint density at radius 3 is 2.51 bits per heavy atom. The van der Waals surface area contributed by atoms with E-state index < -0.39 is 23.5 Å². The minimum atomic E-state index is -4.71. The van der Waals surface area contributed by atoms with Gasteiger partial charge < -0.3 is 25.6 Å². The number of hydrogen-bond acceptors (Lipinski definition) is 7. The number of amides is 2. The van der Waals surface area contributed by atoms with Gasteiger partial charge in [0.25, 0.3) is 0 Å². The Morgan fingerprint density at radius 1 is 1.12 bits per heavy atom. The smallest absolute Gasteiger partial charge is 0.421 e. The lowest BCUT2D eigenvalue weighted by Gasteiger charge is -2.59. The second-order valence-corrected chi connectivity index (χ2v) is 10.4. The largest absolute Gasteiger partial charge is 0.495 e. The molecule has 1 spiro atoms. The summed E-state index contributed by atoms with van der Waals surface area (Å²) in [7, 11) is 1.52. The molecular weight excluding hydrogens is 537 g/mol. The van der Waals surface area contributed by atoms with Crippen molar-refractivity contribution in [1.82, 2.24) is 14.9 Å². The van der Waals surface area contributed by atoms with Crippen molar-refractivity contribution >= 4 is 40.6 Å². The standard InChI is InChI=1S/C29H29F3N6O3/c1-4-25(40)34-20-6-5-7-21(11-20)35-26-22(29(30,31)32)14-33-27(37-26)36-23-9-8-18(10-24(23)41-3)19-12-28(13-19)15-38(16-28)17(2)39/h4-11,14,19H,1,12-13,15-16H2,2-3H3,(H,34,40)(H2,33,35,36,37). The molecule has 2 aliphatic rings. The van der Waals surface area contributed by atoms with Gasteiger partial charge in [0.15, 0.2) is 0 Å². The molecule has 1 saturated heterocycles. The van der Waals surface area contributed by atoms with Gasteiger partial charge in [-0.25, -0.2) is 4.98 Å². The van der Waals surface area contributed by atoms with Gasteiger partial charge in [-0.15, -0.1) is 0 Å². The van der Waals surface area contributed by atoms with Crippen molar-refractivity contribution in [3.8, 4) is 5.75 Å². The SMILES string of the molecule is C=CC(=O)Nc1cccc(Nc2nc(Nc3ccc(C4CC5(C4)CN(C(C)=O)C5)cc3OC)ncc2C(F)(F)F)c1. The quantitative estimate of drug-likeness (QED) is 0.294. The molecule has 0 unspecified atom stereocenters. The second kappa shape index (κ2) is 10.8. The summed E-state index contributed by atoms with van der Waals surface area (Å²) in [5, 5.41) is 8.22. The molecule has 1 aliphatic heterocycles. The highest BCUT2D eigenvalue weighted by atomic mass is 19.4. The first-order valence-corrected chi connectivity index (χ1v) is 12.9. The third kappa shape index (κ3) is 5.96. The minimum absolute atomic E-state index is 0.0657. The fourth-order valence-corrected chi connectivity index (χ4v) is 5.40. The molecule has 0 radical (unpaired) electrons. The monoisotopic (exact) mass is 566 g/mol. The molecule has 1 saturated carbocycles. The summed E-state index contributed by atoms with van der Waals surface area (Å²) in [6.45, 7) is 6.56. The van der Waals surface area contributed by atoms with Crippen molar-refractivity contribution in [3.05, 3.63) is 72.4 Å². The minimum Gasteiger partial charge on any atom is -0.495 e. The highest BCUT2D eigenvalue weighted by Gasteiger charge is 2.53. The van der Waals surface area contributed by atoms with Crippen LogP contribution in [-0.4, -0.2) is 46.9 Å². The summed E-state index contributed by atoms with van der Waals surface area (Å²) in [6.07, 6.45) is -0.939. The van der Waals surface area contributed by atoms with Gasteiger partial charge in [0.1, 0.15) is 17.1 Å². The number of halogens is 3. The topological polar surface area (TPSA) is 108 Å². The summed E-state index contributed by atoms with van der Waals surface area (Å²) in [6, 6.07) is 11.9. The normalized spacial score (nSPS) is 15.9. The first-order chi connectivity index (χ1) is 19.5. The average Bonchev–Trinajstić information content (AvgIpc) is 2.87. The lowest BCUT2D eigenvalue weighted by atomic mass is 9.56. The molecule has 9 nitrogen and oxygen atoms in total. The van der Waals surface area contributed by atoms with E-state index in [0.717, 1.165) is 37.6 Å². The van der Waals surface area contributed by atoms with Crippen molar-refractivity contribution in [2.45, 2.75) is 31.9 Å². The van der Waals surface area contributed by atoms with Gasteiger partial charge in [-0.2, -0.15) is 18.2 Å². The van der Waals surface area contributed by atoms with Crippen LogP contribution in [0.5, 0.6) is 5.75 Å². The van der Waals surface area contributed by atoms with E-state index in [-0.39, 0.29) is 23.0 Å². The van der Waals surface area contributed by atoms with E-state index in [9.17, 15) is 22.8 Å². The summed E-state index contributed by atoms with van der Waals surface area (Å²) in [5.41, 5.74) is 1.39. The van der Waals surface area contributed by atoms with E-state index in [0.29, 0.717) is 29.2 Å². The highest BCUT2D eigenvalue weighted by molar-refractivity contribution is 5.99. The number of alkyl halides is 3. The van der Waals surface area contributed by atoms with Crippen molar-refractivity contribution in [1.29, 1.82) is 0 Å². The number of carbonyl (C=O) groups is 2. The molecule has 12 heteroatoms. The Bertz CT molecular complexity index is 1500. The summed E-state index contributed by atoms with van der Waals surface area (Å²) >= 11 is 0. The molecule has 3 N–H and O–H groups in total. The summed E-state index contributed by atoms with van der Waals surface area (Å²) in [5.74, 6) is -0.0262. The summed E-state index contributed by atoms with van der Waals surface area (Å²) < 4.78 is 46.9. The number of likely N-dealkylation sites (tertiary alicyclic amines) is 1. The van der Waals surface area contributed by atoms with Crippen LogP contribution >= 0.6 is 0 Å². The zero-order chi connectivity index (χ0) is 29.4. The molecule has 1 aliphatic carbocycles. The van der Waals surface area contributed by atoms with E-state index in [1.807, 2.05) is 17.0 Å². The average molecular weight is 567 g/mol. The molecule has 3 aromatic rings. The number of hydrogen-bond donors (Lipinski definition) is 3. The Labute approximate surface area is 234 Å². The maximum absolute atomic E-state index is 13.8. The molecule has 0 bridgehead atoms. The predicted molar refractivity (Wildman–Crippen MR) is 149 cm³/mol. The van der Waals surface area contributed by atoms with Crippen LogP contribution in [0.3, 0.4) is 0 Å². The lowest BCUT2D eigenvalue weighted by Crippen LogP contribution is -2.62. The number of methoxy groups -OCH3 is 1. The molecule has 5 rings (SSSR count). The van der Waals surface area contributed by atoms with Crippen LogP contribution < -0.4 is 20.7 Å². The molecule has 214 valence electrons. The number of ether oxygens (including phenoxy) is 1. The van der Waals surface area contributed by atoms with Crippen LogP contribution in [-0.2, 0) is 15.8 Å². The van der Waals surface area contributed by atoms with Gasteiger partial charge in [-0.3, -0.25) is 9.59 Å². The van der Waals surface area contributed by atoms with Crippen LogP contribution in [0.2, 0.25) is 0 Å². The third-order valence-corrected chi connectivity index (χ3v) is 7.47. The van der Waals surface area contributed by atoms with Crippen molar-refractivity contribution in [3.63, 3.8) is 0 Å². The predicted octanol–water partition coefficient (Wildman–Crippen LogP) is 5.84. The van der Waals surface area contributed by atoms with E-state index >= 15 is 0 Å². The summed E-state index contributed by atoms with van der Waals surface area (Å²) in [4.78, 5) is 33.0. The van der Waals surface area contributed by atoms with Gasteiger partial charge in [-0.05, 0) is 60.7 Å². The van der Waals surface area contributed by atoms with Crippen molar-refractivity contribution in [2.24, 2.45) is 5.41 Å². The zero-order valence-corrected chi connectivity index (χ0v) is 22.5. The first kappa shape index (κ1) is 27.9. The van der Waals surface area contributed by atoms with E-state index in [4.69, 9.17) is 4.74 Å². The number of aromatic nitrogens is 2. The molecule has 41 heavy (non-hydrogen) atoms. The lowest BCUT2D eigenvalue weighted by molar-refractivity contribution is -0.149. The Hall–Kier alpha value is -4.61. The third-order valence-electron chi connectivity index (χ3n) is 7.47. The first-order valence-electron chi connectivity index (χ1n) is 12.9. The van der Waals surface area contributed by atoms with Crippen LogP contribution in [0.1, 0.15) is 36.8 Å². The van der Waals surface area contributed by atoms with Gasteiger partial charge in [0.2, 0.25) is 17.8 Å². The number of nitrogens with one attached hydrogen (secondary N) is 3. The maximum atomic E-state index is 13.8.